The van der Waals surface area contributed by atoms with Crippen LogP contribution in [-0.4, -0.2) is 30.9 Å². The first-order valence-corrected chi connectivity index (χ1v) is 8.05. The van der Waals surface area contributed by atoms with Gasteiger partial charge in [0.05, 0.1) is 0 Å². The second kappa shape index (κ2) is 5.95. The van der Waals surface area contributed by atoms with Gasteiger partial charge in [-0.05, 0) is 30.7 Å². The molecule has 0 saturated carbocycles. The molecule has 1 unspecified atom stereocenters. The van der Waals surface area contributed by atoms with E-state index in [-0.39, 0.29) is 12.0 Å². The Hall–Kier alpha value is -1.36. The van der Waals surface area contributed by atoms with E-state index < -0.39 is 0 Å². The zero-order chi connectivity index (χ0) is 13.9. The fourth-order valence-corrected chi connectivity index (χ4v) is 3.61. The molecule has 4 nitrogen and oxygen atoms in total. The van der Waals surface area contributed by atoms with Crippen molar-refractivity contribution in [1.82, 2.24) is 5.32 Å². The summed E-state index contributed by atoms with van der Waals surface area (Å²) in [5, 5.41) is 2.80. The van der Waals surface area contributed by atoms with Crippen molar-refractivity contribution >= 4 is 17.7 Å². The van der Waals surface area contributed by atoms with Crippen LogP contribution < -0.4 is 14.8 Å². The van der Waals surface area contributed by atoms with Gasteiger partial charge >= 0.3 is 0 Å². The maximum Gasteiger partial charge on any atom is 0.216 e. The summed E-state index contributed by atoms with van der Waals surface area (Å²) in [6.45, 7) is 2.71. The molecule has 5 heteroatoms. The second-order valence-electron chi connectivity index (χ2n) is 5.14. The van der Waals surface area contributed by atoms with E-state index in [2.05, 4.69) is 11.4 Å². The zero-order valence-corrected chi connectivity index (χ0v) is 12.4. The lowest BCUT2D eigenvalue weighted by molar-refractivity contribution is -0.119. The first-order chi connectivity index (χ1) is 9.74. The number of carbonyl (C=O) groups excluding carboxylic acids is 1. The van der Waals surface area contributed by atoms with Crippen molar-refractivity contribution in [3.63, 3.8) is 0 Å². The molecule has 3 rings (SSSR count). The highest BCUT2D eigenvalue weighted by Crippen LogP contribution is 2.43. The van der Waals surface area contributed by atoms with Crippen LogP contribution in [0.4, 0.5) is 0 Å². The molecule has 20 heavy (non-hydrogen) atoms. The molecule has 0 spiro atoms. The molecular weight excluding hydrogens is 274 g/mol. The number of rotatable bonds is 3. The van der Waals surface area contributed by atoms with Gasteiger partial charge in [0.2, 0.25) is 5.91 Å². The van der Waals surface area contributed by atoms with Crippen LogP contribution in [0.5, 0.6) is 11.5 Å². The summed E-state index contributed by atoms with van der Waals surface area (Å²) in [5.41, 5.74) is 1.29. The standard InChI is InChI=1S/C15H19NO3S/c1-10(17)16-7-6-11-9-18-13-4-5-14-12(15(13)19-11)3-2-8-20-14/h4-5,11H,2-3,6-9H2,1H3,(H,16,17). The number of carbonyl (C=O) groups is 1. The highest BCUT2D eigenvalue weighted by Gasteiger charge is 2.26. The van der Waals surface area contributed by atoms with Crippen LogP contribution in [0.1, 0.15) is 25.3 Å². The van der Waals surface area contributed by atoms with Crippen molar-refractivity contribution in [3.05, 3.63) is 17.7 Å². The zero-order valence-electron chi connectivity index (χ0n) is 11.6. The Morgan fingerprint density at radius 2 is 2.40 bits per heavy atom. The Bertz CT molecular complexity index is 518. The number of nitrogens with one attached hydrogen (secondary N) is 1. The van der Waals surface area contributed by atoms with Crippen LogP contribution in [0.25, 0.3) is 0 Å². The van der Waals surface area contributed by atoms with Crippen molar-refractivity contribution in [1.29, 1.82) is 0 Å². The highest BCUT2D eigenvalue weighted by molar-refractivity contribution is 7.99. The maximum absolute atomic E-state index is 10.9. The van der Waals surface area contributed by atoms with Crippen molar-refractivity contribution in [3.8, 4) is 11.5 Å². The number of amides is 1. The van der Waals surface area contributed by atoms with Crippen LogP contribution in [0, 0.1) is 0 Å². The summed E-state index contributed by atoms with van der Waals surface area (Å²) >= 11 is 1.89. The minimum absolute atomic E-state index is 0.00379. The lowest BCUT2D eigenvalue weighted by Crippen LogP contribution is -2.34. The van der Waals surface area contributed by atoms with E-state index in [0.29, 0.717) is 13.2 Å². The van der Waals surface area contributed by atoms with Gasteiger partial charge < -0.3 is 14.8 Å². The highest BCUT2D eigenvalue weighted by atomic mass is 32.2. The van der Waals surface area contributed by atoms with E-state index in [0.717, 1.165) is 24.3 Å². The van der Waals surface area contributed by atoms with Gasteiger partial charge in [0.15, 0.2) is 11.5 Å². The molecule has 108 valence electrons. The van der Waals surface area contributed by atoms with Crippen LogP contribution in [-0.2, 0) is 11.2 Å². The summed E-state index contributed by atoms with van der Waals surface area (Å²) in [6, 6.07) is 4.15. The Morgan fingerprint density at radius 1 is 1.50 bits per heavy atom. The van der Waals surface area contributed by atoms with E-state index in [9.17, 15) is 4.79 Å². The number of ether oxygens (including phenoxy) is 2. The number of fused-ring (bicyclic) bond motifs is 3. The Labute approximate surface area is 123 Å². The molecule has 0 aliphatic carbocycles. The van der Waals surface area contributed by atoms with Gasteiger partial charge in [-0.1, -0.05) is 0 Å². The molecule has 0 saturated heterocycles. The van der Waals surface area contributed by atoms with Gasteiger partial charge in [-0.25, -0.2) is 0 Å². The van der Waals surface area contributed by atoms with Crippen molar-refractivity contribution in [2.24, 2.45) is 0 Å². The minimum Gasteiger partial charge on any atom is -0.486 e. The predicted octanol–water partition coefficient (Wildman–Crippen LogP) is 2.39. The molecule has 1 amide bonds. The SMILES string of the molecule is CC(=O)NCCC1COc2ccc3c(c2O1)CCCS3. The summed E-state index contributed by atoms with van der Waals surface area (Å²) in [4.78, 5) is 12.2. The predicted molar refractivity (Wildman–Crippen MR) is 78.7 cm³/mol. The van der Waals surface area contributed by atoms with Crippen LogP contribution in [0.3, 0.4) is 0 Å². The Morgan fingerprint density at radius 3 is 3.25 bits per heavy atom. The van der Waals surface area contributed by atoms with Crippen molar-refractivity contribution in [2.75, 3.05) is 18.9 Å². The quantitative estimate of drug-likeness (QED) is 0.929. The van der Waals surface area contributed by atoms with Crippen LogP contribution in [0.2, 0.25) is 0 Å². The number of thioether (sulfide) groups is 1. The van der Waals surface area contributed by atoms with Gasteiger partial charge in [-0.3, -0.25) is 4.79 Å². The molecule has 1 aromatic carbocycles. The molecule has 2 heterocycles. The molecule has 0 bridgehead atoms. The monoisotopic (exact) mass is 293 g/mol. The number of hydrogen-bond acceptors (Lipinski definition) is 4. The first kappa shape index (κ1) is 13.6. The third-order valence-electron chi connectivity index (χ3n) is 3.56. The lowest BCUT2D eigenvalue weighted by atomic mass is 10.1. The van der Waals surface area contributed by atoms with E-state index >= 15 is 0 Å². The molecular formula is C15H19NO3S. The second-order valence-corrected chi connectivity index (χ2v) is 6.28. The van der Waals surface area contributed by atoms with Gasteiger partial charge in [-0.15, -0.1) is 11.8 Å². The molecule has 1 atom stereocenters. The third kappa shape index (κ3) is 2.87. The Kier molecular flexibility index (Phi) is 4.05. The maximum atomic E-state index is 10.9. The largest absolute Gasteiger partial charge is 0.486 e. The molecule has 0 aromatic heterocycles. The fourth-order valence-electron chi connectivity index (χ4n) is 2.57. The van der Waals surface area contributed by atoms with Crippen molar-refractivity contribution in [2.45, 2.75) is 37.2 Å². The summed E-state index contributed by atoms with van der Waals surface area (Å²) in [6.07, 6.45) is 3.05. The minimum atomic E-state index is -0.00379. The summed E-state index contributed by atoms with van der Waals surface area (Å²) in [5.74, 6) is 2.96. The molecule has 0 fully saturated rings. The molecule has 2 aliphatic rings. The van der Waals surface area contributed by atoms with Gasteiger partial charge in [0, 0.05) is 30.3 Å². The molecule has 1 N–H and O–H groups in total. The van der Waals surface area contributed by atoms with Crippen LogP contribution in [0.15, 0.2) is 17.0 Å². The van der Waals surface area contributed by atoms with Gasteiger partial charge in [-0.2, -0.15) is 0 Å². The number of benzene rings is 1. The average Bonchev–Trinajstić information content (AvgIpc) is 2.47. The Balaban J connectivity index is 1.71. The summed E-state index contributed by atoms with van der Waals surface area (Å²) < 4.78 is 11.9. The normalized spacial score (nSPS) is 20.1. The lowest BCUT2D eigenvalue weighted by Gasteiger charge is -2.30. The molecule has 2 aliphatic heterocycles. The van der Waals surface area contributed by atoms with E-state index in [4.69, 9.17) is 9.47 Å². The first-order valence-electron chi connectivity index (χ1n) is 7.06. The van der Waals surface area contributed by atoms with Gasteiger partial charge in [0.1, 0.15) is 12.7 Å². The van der Waals surface area contributed by atoms with E-state index in [1.165, 1.54) is 29.6 Å². The van der Waals surface area contributed by atoms with E-state index in [1.807, 2.05) is 17.8 Å². The smallest absolute Gasteiger partial charge is 0.216 e. The number of hydrogen-bond donors (Lipinski definition) is 1. The summed E-state index contributed by atoms with van der Waals surface area (Å²) in [7, 11) is 0. The van der Waals surface area contributed by atoms with Crippen LogP contribution >= 0.6 is 11.8 Å². The fraction of sp³-hybridized carbons (Fsp3) is 0.533. The average molecular weight is 293 g/mol. The van der Waals surface area contributed by atoms with Gasteiger partial charge in [0.25, 0.3) is 0 Å². The van der Waals surface area contributed by atoms with Crippen molar-refractivity contribution < 1.29 is 14.3 Å². The molecule has 1 aromatic rings. The third-order valence-corrected chi connectivity index (χ3v) is 4.75. The topological polar surface area (TPSA) is 47.6 Å². The van der Waals surface area contributed by atoms with E-state index in [1.54, 1.807) is 0 Å². The molecule has 0 radical (unpaired) electrons.